The summed E-state index contributed by atoms with van der Waals surface area (Å²) >= 11 is 0. The Bertz CT molecular complexity index is 682. The van der Waals surface area contributed by atoms with Gasteiger partial charge in [0.25, 0.3) is 5.91 Å². The highest BCUT2D eigenvalue weighted by Crippen LogP contribution is 2.29. The van der Waals surface area contributed by atoms with E-state index in [2.05, 4.69) is 5.32 Å². The van der Waals surface area contributed by atoms with Crippen LogP contribution in [-0.4, -0.2) is 19.6 Å². The summed E-state index contributed by atoms with van der Waals surface area (Å²) in [5.41, 5.74) is 9.99. The maximum atomic E-state index is 11.9. The van der Waals surface area contributed by atoms with Gasteiger partial charge in [-0.2, -0.15) is 0 Å². The summed E-state index contributed by atoms with van der Waals surface area (Å²) in [6, 6.07) is 13.2. The number of nitrogens with one attached hydrogen (secondary N) is 1. The molecule has 0 saturated heterocycles. The van der Waals surface area contributed by atoms with Gasteiger partial charge in [-0.05, 0) is 29.7 Å². The lowest BCUT2D eigenvalue weighted by molar-refractivity contribution is 0.0946. The van der Waals surface area contributed by atoms with Crippen molar-refractivity contribution in [1.29, 1.82) is 0 Å². The van der Waals surface area contributed by atoms with Crippen LogP contribution in [-0.2, 0) is 6.42 Å². The fourth-order valence-electron chi connectivity index (χ4n) is 2.73. The zero-order chi connectivity index (χ0) is 14.8. The summed E-state index contributed by atoms with van der Waals surface area (Å²) in [7, 11) is 1.63. The van der Waals surface area contributed by atoms with Gasteiger partial charge in [-0.3, -0.25) is 4.79 Å². The summed E-state index contributed by atoms with van der Waals surface area (Å²) in [5, 5.41) is 2.86. The Balaban J connectivity index is 2.00. The van der Waals surface area contributed by atoms with Gasteiger partial charge in [0.05, 0.1) is 13.2 Å². The van der Waals surface area contributed by atoms with Crippen LogP contribution in [0.1, 0.15) is 33.1 Å². The highest BCUT2D eigenvalue weighted by molar-refractivity contribution is 5.96. The minimum absolute atomic E-state index is 0.0228. The van der Waals surface area contributed by atoms with Gasteiger partial charge in [-0.15, -0.1) is 0 Å². The predicted octanol–water partition coefficient (Wildman–Crippen LogP) is 2.03. The van der Waals surface area contributed by atoms with Gasteiger partial charge in [0, 0.05) is 17.7 Å². The lowest BCUT2D eigenvalue weighted by atomic mass is 9.92. The molecule has 3 N–H and O–H groups in total. The lowest BCUT2D eigenvalue weighted by Gasteiger charge is -2.20. The number of methoxy groups -OCH3 is 1. The monoisotopic (exact) mass is 282 g/mol. The minimum Gasteiger partial charge on any atom is -0.496 e. The number of hydrogen-bond acceptors (Lipinski definition) is 3. The highest BCUT2D eigenvalue weighted by atomic mass is 16.5. The van der Waals surface area contributed by atoms with Crippen LogP contribution in [0.15, 0.2) is 42.5 Å². The van der Waals surface area contributed by atoms with E-state index in [1.165, 1.54) is 0 Å². The molecule has 21 heavy (non-hydrogen) atoms. The van der Waals surface area contributed by atoms with Crippen molar-refractivity contribution in [3.05, 3.63) is 64.7 Å². The van der Waals surface area contributed by atoms with Crippen LogP contribution in [0.25, 0.3) is 0 Å². The van der Waals surface area contributed by atoms with E-state index >= 15 is 0 Å². The Morgan fingerprint density at radius 1 is 1.24 bits per heavy atom. The van der Waals surface area contributed by atoms with E-state index in [0.29, 0.717) is 6.54 Å². The summed E-state index contributed by atoms with van der Waals surface area (Å²) in [4.78, 5) is 11.9. The molecule has 1 aliphatic rings. The number of carbonyl (C=O) groups excluding carboxylic acids is 1. The Morgan fingerprint density at radius 3 is 2.86 bits per heavy atom. The summed E-state index contributed by atoms with van der Waals surface area (Å²) in [6.45, 7) is 0.698. The van der Waals surface area contributed by atoms with Crippen molar-refractivity contribution in [3.8, 4) is 5.75 Å². The highest BCUT2D eigenvalue weighted by Gasteiger charge is 2.20. The second-order valence-corrected chi connectivity index (χ2v) is 5.14. The van der Waals surface area contributed by atoms with Gasteiger partial charge in [0.2, 0.25) is 0 Å². The fourth-order valence-corrected chi connectivity index (χ4v) is 2.73. The first kappa shape index (κ1) is 13.6. The zero-order valence-corrected chi connectivity index (χ0v) is 11.9. The number of hydrogen-bond donors (Lipinski definition) is 2. The Morgan fingerprint density at radius 2 is 2.05 bits per heavy atom. The average molecular weight is 282 g/mol. The van der Waals surface area contributed by atoms with Gasteiger partial charge >= 0.3 is 0 Å². The van der Waals surface area contributed by atoms with Gasteiger partial charge in [-0.1, -0.05) is 30.3 Å². The van der Waals surface area contributed by atoms with Crippen LogP contribution in [0.5, 0.6) is 5.75 Å². The third-order valence-electron chi connectivity index (χ3n) is 3.89. The molecule has 0 bridgehead atoms. The van der Waals surface area contributed by atoms with Crippen LogP contribution in [0, 0.1) is 0 Å². The molecule has 1 heterocycles. The van der Waals surface area contributed by atoms with Crippen molar-refractivity contribution in [3.63, 3.8) is 0 Å². The van der Waals surface area contributed by atoms with E-state index in [-0.39, 0.29) is 11.9 Å². The third-order valence-corrected chi connectivity index (χ3v) is 3.89. The Labute approximate surface area is 123 Å². The number of nitrogens with two attached hydrogens (primary N) is 1. The molecule has 1 amide bonds. The normalized spacial score (nSPS) is 15.0. The second kappa shape index (κ2) is 5.58. The standard InChI is InChI=1S/C17H18N2O2/c1-21-15-5-3-2-4-13(15)16(18)12-7-6-11-8-9-19-17(20)14(11)10-12/h2-7,10,16H,8-9,18H2,1H3,(H,19,20). The van der Waals surface area contributed by atoms with Crippen molar-refractivity contribution in [2.45, 2.75) is 12.5 Å². The summed E-state index contributed by atoms with van der Waals surface area (Å²) < 4.78 is 5.36. The fraction of sp³-hybridized carbons (Fsp3) is 0.235. The smallest absolute Gasteiger partial charge is 0.251 e. The number of carbonyl (C=O) groups is 1. The molecule has 0 aromatic heterocycles. The van der Waals surface area contributed by atoms with E-state index in [1.807, 2.05) is 42.5 Å². The van der Waals surface area contributed by atoms with Crippen molar-refractivity contribution in [1.82, 2.24) is 5.32 Å². The lowest BCUT2D eigenvalue weighted by Crippen LogP contribution is -2.32. The maximum absolute atomic E-state index is 11.9. The van der Waals surface area contributed by atoms with E-state index in [9.17, 15) is 4.79 Å². The third kappa shape index (κ3) is 2.50. The van der Waals surface area contributed by atoms with Gasteiger partial charge in [0.15, 0.2) is 0 Å². The first-order valence-electron chi connectivity index (χ1n) is 7.00. The zero-order valence-electron chi connectivity index (χ0n) is 11.9. The minimum atomic E-state index is -0.318. The molecule has 0 radical (unpaired) electrons. The SMILES string of the molecule is COc1ccccc1C(N)c1ccc2c(c1)C(=O)NCC2. The molecule has 3 rings (SSSR count). The summed E-state index contributed by atoms with van der Waals surface area (Å²) in [6.07, 6.45) is 0.866. The molecule has 1 atom stereocenters. The van der Waals surface area contributed by atoms with Crippen LogP contribution in [0.2, 0.25) is 0 Å². The van der Waals surface area contributed by atoms with E-state index in [0.717, 1.165) is 34.4 Å². The van der Waals surface area contributed by atoms with Crippen LogP contribution < -0.4 is 15.8 Å². The van der Waals surface area contributed by atoms with Crippen molar-refractivity contribution < 1.29 is 9.53 Å². The maximum Gasteiger partial charge on any atom is 0.251 e. The molecule has 2 aromatic rings. The van der Waals surface area contributed by atoms with E-state index in [4.69, 9.17) is 10.5 Å². The van der Waals surface area contributed by atoms with Crippen molar-refractivity contribution in [2.24, 2.45) is 5.73 Å². The molecule has 108 valence electrons. The van der Waals surface area contributed by atoms with Gasteiger partial charge in [-0.25, -0.2) is 0 Å². The second-order valence-electron chi connectivity index (χ2n) is 5.14. The predicted molar refractivity (Wildman–Crippen MR) is 81.5 cm³/mol. The van der Waals surface area contributed by atoms with E-state index in [1.54, 1.807) is 7.11 Å². The molecule has 0 fully saturated rings. The number of amides is 1. The molecule has 4 heteroatoms. The molecule has 1 aliphatic heterocycles. The molecule has 0 saturated carbocycles. The summed E-state index contributed by atoms with van der Waals surface area (Å²) in [5.74, 6) is 0.734. The van der Waals surface area contributed by atoms with Crippen LogP contribution >= 0.6 is 0 Å². The number of fused-ring (bicyclic) bond motifs is 1. The van der Waals surface area contributed by atoms with Crippen LogP contribution in [0.3, 0.4) is 0 Å². The average Bonchev–Trinajstić information content (AvgIpc) is 2.54. The number of benzene rings is 2. The topological polar surface area (TPSA) is 64.3 Å². The molecule has 0 spiro atoms. The molecule has 1 unspecified atom stereocenters. The van der Waals surface area contributed by atoms with E-state index < -0.39 is 0 Å². The van der Waals surface area contributed by atoms with Gasteiger partial charge in [0.1, 0.15) is 5.75 Å². The van der Waals surface area contributed by atoms with Crippen molar-refractivity contribution >= 4 is 5.91 Å². The number of ether oxygens (including phenoxy) is 1. The molecular weight excluding hydrogens is 264 g/mol. The van der Waals surface area contributed by atoms with Crippen LogP contribution in [0.4, 0.5) is 0 Å². The van der Waals surface area contributed by atoms with Crippen molar-refractivity contribution in [2.75, 3.05) is 13.7 Å². The van der Waals surface area contributed by atoms with Gasteiger partial charge < -0.3 is 15.8 Å². The Hall–Kier alpha value is -2.33. The first-order valence-corrected chi connectivity index (χ1v) is 7.00. The molecule has 2 aromatic carbocycles. The molecule has 4 nitrogen and oxygen atoms in total. The number of para-hydroxylation sites is 1. The molecular formula is C17H18N2O2. The Kier molecular flexibility index (Phi) is 3.62. The quantitative estimate of drug-likeness (QED) is 0.905. The largest absolute Gasteiger partial charge is 0.496 e. The number of rotatable bonds is 3. The first-order chi connectivity index (χ1) is 10.2. The molecule has 0 aliphatic carbocycles.